The van der Waals surface area contributed by atoms with E-state index in [9.17, 15) is 4.79 Å². The van der Waals surface area contributed by atoms with Crippen LogP contribution in [0.25, 0.3) is 32.9 Å². The normalized spacial score (nSPS) is 22.3. The lowest BCUT2D eigenvalue weighted by Gasteiger charge is -2.47. The average molecular weight is 720 g/mol. The van der Waals surface area contributed by atoms with Gasteiger partial charge in [0.1, 0.15) is 23.5 Å². The van der Waals surface area contributed by atoms with Gasteiger partial charge in [-0.3, -0.25) is 0 Å². The van der Waals surface area contributed by atoms with Gasteiger partial charge >= 0.3 is 12.1 Å². The predicted molar refractivity (Wildman–Crippen MR) is 195 cm³/mol. The molecule has 4 aliphatic rings. The molecule has 2 atom stereocenters. The molecule has 0 saturated carbocycles. The highest BCUT2D eigenvalue weighted by atomic mass is 35.5. The highest BCUT2D eigenvalue weighted by molar-refractivity contribution is 6.35. The molecule has 51 heavy (non-hydrogen) atoms. The van der Waals surface area contributed by atoms with Crippen LogP contribution in [0.15, 0.2) is 24.4 Å². The van der Waals surface area contributed by atoms with Crippen molar-refractivity contribution < 1.29 is 23.4 Å². The minimum atomic E-state index is -0.555. The Morgan fingerprint density at radius 3 is 2.65 bits per heavy atom. The first kappa shape index (κ1) is 34.4. The van der Waals surface area contributed by atoms with Gasteiger partial charge in [0.2, 0.25) is 0 Å². The molecule has 1 amide bonds. The summed E-state index contributed by atoms with van der Waals surface area (Å²) in [5.74, 6) is 0.0656. The van der Waals surface area contributed by atoms with E-state index in [1.165, 1.54) is 0 Å². The molecule has 4 aromatic rings. The summed E-state index contributed by atoms with van der Waals surface area (Å²) in [6, 6.07) is 6.17. The van der Waals surface area contributed by atoms with Crippen LogP contribution in [-0.4, -0.2) is 100 Å². The fraction of sp³-hybridized carbons (Fsp3) is 0.579. The number of hydrogen-bond donors (Lipinski definition) is 0. The molecule has 0 N–H and O–H groups in total. The molecular formula is C38H47ClFN7O4. The molecule has 0 aliphatic carbocycles. The number of benzene rings is 2. The molecule has 13 heteroatoms. The molecule has 2 aromatic heterocycles. The van der Waals surface area contributed by atoms with Gasteiger partial charge in [-0.1, -0.05) is 23.7 Å². The Morgan fingerprint density at radius 1 is 1.10 bits per heavy atom. The molecule has 4 saturated heterocycles. The molecule has 0 bridgehead atoms. The minimum absolute atomic E-state index is 0.101. The van der Waals surface area contributed by atoms with E-state index in [0.717, 1.165) is 61.5 Å². The first-order chi connectivity index (χ1) is 24.4. The zero-order valence-electron chi connectivity index (χ0n) is 30.2. The quantitative estimate of drug-likeness (QED) is 0.202. The van der Waals surface area contributed by atoms with E-state index in [-0.39, 0.29) is 45.9 Å². The predicted octanol–water partition coefficient (Wildman–Crippen LogP) is 7.37. The monoisotopic (exact) mass is 719 g/mol. The van der Waals surface area contributed by atoms with Crippen LogP contribution in [-0.2, 0) is 9.47 Å². The summed E-state index contributed by atoms with van der Waals surface area (Å²) in [6.45, 7) is 12.2. The number of likely N-dealkylation sites (N-methyl/N-ethyl adjacent to an activating group) is 1. The fourth-order valence-electron chi connectivity index (χ4n) is 8.34. The van der Waals surface area contributed by atoms with Crippen molar-refractivity contribution in [2.75, 3.05) is 57.9 Å². The first-order valence-electron chi connectivity index (χ1n) is 18.2. The Kier molecular flexibility index (Phi) is 8.78. The number of anilines is 1. The lowest BCUT2D eigenvalue weighted by Crippen LogP contribution is -2.60. The van der Waals surface area contributed by atoms with Crippen LogP contribution in [0.3, 0.4) is 0 Å². The maximum Gasteiger partial charge on any atom is 0.410 e. The van der Waals surface area contributed by atoms with Crippen LogP contribution in [0, 0.1) is 18.2 Å². The van der Waals surface area contributed by atoms with Crippen molar-refractivity contribution in [2.45, 2.75) is 84.1 Å². The Labute approximate surface area is 303 Å². The number of likely N-dealkylation sites (tertiary alicyclic amines) is 2. The van der Waals surface area contributed by atoms with Crippen molar-refractivity contribution in [2.24, 2.45) is 5.41 Å². The standard InChI is InChI=1S/C38H47ClFN7O4/c1-23-11-12-24-18-41-47(28-10-6-7-16-49-28)33(24)29(23)30-27(39)17-26-32(31(30)40)42-35(50-19-25-9-8-14-44(25)5)43-34(26)45-15-13-38(20-45)21-46(22-38)36(48)51-37(2,3)4/h11-12,17-18,25,28H,6-10,13-16,19-22H2,1-5H3/t25-,28?/m0/s1. The summed E-state index contributed by atoms with van der Waals surface area (Å²) in [4.78, 5) is 28.6. The number of carbonyl (C=O) groups excluding carboxylic acids is 1. The van der Waals surface area contributed by atoms with Crippen LogP contribution in [0.5, 0.6) is 6.01 Å². The van der Waals surface area contributed by atoms with Gasteiger partial charge in [-0.25, -0.2) is 13.9 Å². The maximum absolute atomic E-state index is 17.4. The molecule has 1 unspecified atom stereocenters. The first-order valence-corrected chi connectivity index (χ1v) is 18.6. The zero-order chi connectivity index (χ0) is 35.7. The van der Waals surface area contributed by atoms with Gasteiger partial charge < -0.3 is 28.9 Å². The molecule has 4 aliphatic heterocycles. The zero-order valence-corrected chi connectivity index (χ0v) is 30.9. The number of hydrogen-bond acceptors (Lipinski definition) is 9. The number of fused-ring (bicyclic) bond motifs is 2. The van der Waals surface area contributed by atoms with E-state index < -0.39 is 11.4 Å². The van der Waals surface area contributed by atoms with Gasteiger partial charge in [0, 0.05) is 66.1 Å². The van der Waals surface area contributed by atoms with E-state index in [0.29, 0.717) is 56.2 Å². The molecule has 272 valence electrons. The van der Waals surface area contributed by atoms with E-state index in [1.807, 2.05) is 50.7 Å². The molecule has 8 rings (SSSR count). The fourth-order valence-corrected chi connectivity index (χ4v) is 8.63. The number of carbonyl (C=O) groups is 1. The maximum atomic E-state index is 17.4. The third kappa shape index (κ3) is 6.37. The number of rotatable bonds is 6. The van der Waals surface area contributed by atoms with Crippen molar-refractivity contribution >= 4 is 45.3 Å². The Balaban J connectivity index is 1.19. The third-order valence-corrected chi connectivity index (χ3v) is 11.3. The van der Waals surface area contributed by atoms with Crippen molar-refractivity contribution in [1.82, 2.24) is 29.5 Å². The Morgan fingerprint density at radius 2 is 1.92 bits per heavy atom. The summed E-state index contributed by atoms with van der Waals surface area (Å²) >= 11 is 7.13. The average Bonchev–Trinajstić information content (AvgIpc) is 3.82. The summed E-state index contributed by atoms with van der Waals surface area (Å²) < 4.78 is 37.3. The largest absolute Gasteiger partial charge is 0.462 e. The van der Waals surface area contributed by atoms with Gasteiger partial charge in [0.25, 0.3) is 0 Å². The van der Waals surface area contributed by atoms with Crippen LogP contribution in [0.4, 0.5) is 15.0 Å². The highest BCUT2D eigenvalue weighted by Gasteiger charge is 2.51. The third-order valence-electron chi connectivity index (χ3n) is 11.0. The number of nitrogens with zero attached hydrogens (tertiary/aromatic N) is 7. The van der Waals surface area contributed by atoms with Gasteiger partial charge in [0.05, 0.1) is 16.7 Å². The van der Waals surface area contributed by atoms with E-state index >= 15 is 4.39 Å². The lowest BCUT2D eigenvalue weighted by molar-refractivity contribution is -0.0366. The molecule has 1 spiro atoms. The number of aryl methyl sites for hydroxylation is 1. The Bertz CT molecular complexity index is 1980. The lowest BCUT2D eigenvalue weighted by atomic mass is 9.79. The summed E-state index contributed by atoms with van der Waals surface area (Å²) in [7, 11) is 2.09. The molecule has 0 radical (unpaired) electrons. The number of aromatic nitrogens is 4. The van der Waals surface area contributed by atoms with Gasteiger partial charge in [-0.15, -0.1) is 0 Å². The summed E-state index contributed by atoms with van der Waals surface area (Å²) in [5, 5.41) is 6.40. The minimum Gasteiger partial charge on any atom is -0.462 e. The molecule has 4 fully saturated rings. The van der Waals surface area contributed by atoms with E-state index in [2.05, 4.69) is 16.8 Å². The van der Waals surface area contributed by atoms with Crippen molar-refractivity contribution in [3.8, 4) is 17.1 Å². The van der Waals surface area contributed by atoms with E-state index in [4.69, 9.17) is 40.9 Å². The number of amides is 1. The van der Waals surface area contributed by atoms with Gasteiger partial charge in [-0.05, 0) is 91.4 Å². The van der Waals surface area contributed by atoms with Crippen LogP contribution in [0.2, 0.25) is 5.02 Å². The number of halogens is 2. The number of ether oxygens (including phenoxy) is 3. The van der Waals surface area contributed by atoms with Crippen molar-refractivity contribution in [3.05, 3.63) is 40.8 Å². The molecule has 11 nitrogen and oxygen atoms in total. The van der Waals surface area contributed by atoms with Gasteiger partial charge in [-0.2, -0.15) is 15.1 Å². The highest BCUT2D eigenvalue weighted by Crippen LogP contribution is 2.46. The second kappa shape index (κ2) is 13.0. The topological polar surface area (TPSA) is 98.1 Å². The van der Waals surface area contributed by atoms with Crippen LogP contribution >= 0.6 is 11.6 Å². The molecular weight excluding hydrogens is 673 g/mol. The van der Waals surface area contributed by atoms with Gasteiger partial charge in [0.15, 0.2) is 12.0 Å². The smallest absolute Gasteiger partial charge is 0.410 e. The summed E-state index contributed by atoms with van der Waals surface area (Å²) in [6.07, 6.45) is 7.15. The van der Waals surface area contributed by atoms with E-state index in [1.54, 1.807) is 11.0 Å². The second-order valence-corrected chi connectivity index (χ2v) is 16.4. The second-order valence-electron chi connectivity index (χ2n) is 16.0. The van der Waals surface area contributed by atoms with Crippen molar-refractivity contribution in [3.63, 3.8) is 0 Å². The van der Waals surface area contributed by atoms with Crippen LogP contribution < -0.4 is 9.64 Å². The Hall–Kier alpha value is -3.74. The molecule has 6 heterocycles. The molecule has 2 aromatic carbocycles. The van der Waals surface area contributed by atoms with Crippen molar-refractivity contribution in [1.29, 1.82) is 0 Å². The van der Waals surface area contributed by atoms with Crippen LogP contribution in [0.1, 0.15) is 71.1 Å². The SMILES string of the molecule is Cc1ccc2cnn(C3CCCCO3)c2c1-c1c(Cl)cc2c(N3CCC4(CN(C(=O)OC(C)(C)C)C4)C3)nc(OC[C@@H]3CCCN3C)nc2c1F. The summed E-state index contributed by atoms with van der Waals surface area (Å²) in [5.41, 5.74) is 2.12.